The quantitative estimate of drug-likeness (QED) is 0.658. The molecule has 2 nitrogen and oxygen atoms in total. The van der Waals surface area contributed by atoms with Crippen molar-refractivity contribution in [3.63, 3.8) is 0 Å². The Morgan fingerprint density at radius 3 is 1.83 bits per heavy atom. The van der Waals surface area contributed by atoms with Gasteiger partial charge in [-0.25, -0.2) is 0 Å². The van der Waals surface area contributed by atoms with E-state index in [1.54, 1.807) is 0 Å². The SMILES string of the molecule is O=C(CCl)Nc1ccc(-c2ccccc2-c2ccccc2)cc1. The van der Waals surface area contributed by atoms with E-state index in [0.717, 1.165) is 16.8 Å². The molecule has 1 N–H and O–H groups in total. The topological polar surface area (TPSA) is 29.1 Å². The Hall–Kier alpha value is -2.58. The highest BCUT2D eigenvalue weighted by molar-refractivity contribution is 6.29. The molecule has 0 radical (unpaired) electrons. The van der Waals surface area contributed by atoms with Crippen LogP contribution in [0.25, 0.3) is 22.3 Å². The predicted octanol–water partition coefficient (Wildman–Crippen LogP) is 5.20. The minimum Gasteiger partial charge on any atom is -0.325 e. The Bertz CT molecular complexity index is 797. The second kappa shape index (κ2) is 7.12. The number of amides is 1. The van der Waals surface area contributed by atoms with Gasteiger partial charge in [-0.3, -0.25) is 4.79 Å². The fourth-order valence-corrected chi connectivity index (χ4v) is 2.60. The summed E-state index contributed by atoms with van der Waals surface area (Å²) in [6.07, 6.45) is 0. The third kappa shape index (κ3) is 3.61. The van der Waals surface area contributed by atoms with Gasteiger partial charge in [0, 0.05) is 5.69 Å². The number of alkyl halides is 1. The van der Waals surface area contributed by atoms with Crippen molar-refractivity contribution in [3.05, 3.63) is 78.9 Å². The minimum atomic E-state index is -0.205. The van der Waals surface area contributed by atoms with Gasteiger partial charge in [-0.15, -0.1) is 11.6 Å². The van der Waals surface area contributed by atoms with E-state index in [4.69, 9.17) is 11.6 Å². The number of nitrogens with one attached hydrogen (secondary N) is 1. The molecule has 0 spiro atoms. The average Bonchev–Trinajstić information content (AvgIpc) is 2.63. The van der Waals surface area contributed by atoms with Crippen LogP contribution in [0, 0.1) is 0 Å². The summed E-state index contributed by atoms with van der Waals surface area (Å²) >= 11 is 5.51. The van der Waals surface area contributed by atoms with Gasteiger partial charge < -0.3 is 5.32 Å². The Kier molecular flexibility index (Phi) is 4.74. The van der Waals surface area contributed by atoms with Crippen LogP contribution in [-0.4, -0.2) is 11.8 Å². The Morgan fingerprint density at radius 2 is 1.26 bits per heavy atom. The summed E-state index contributed by atoms with van der Waals surface area (Å²) in [6.45, 7) is 0. The van der Waals surface area contributed by atoms with Gasteiger partial charge in [0.25, 0.3) is 0 Å². The fourth-order valence-electron chi connectivity index (χ4n) is 2.53. The molecule has 0 atom stereocenters. The maximum atomic E-state index is 11.3. The normalized spacial score (nSPS) is 10.3. The number of halogens is 1. The predicted molar refractivity (Wildman–Crippen MR) is 96.7 cm³/mol. The molecule has 0 saturated heterocycles. The monoisotopic (exact) mass is 321 g/mol. The maximum absolute atomic E-state index is 11.3. The van der Waals surface area contributed by atoms with Gasteiger partial charge in [-0.2, -0.15) is 0 Å². The van der Waals surface area contributed by atoms with Crippen molar-refractivity contribution in [2.75, 3.05) is 11.2 Å². The van der Waals surface area contributed by atoms with Gasteiger partial charge >= 0.3 is 0 Å². The first-order chi connectivity index (χ1) is 11.3. The van der Waals surface area contributed by atoms with E-state index in [1.807, 2.05) is 54.6 Å². The van der Waals surface area contributed by atoms with Gasteiger partial charge in [-0.05, 0) is 34.4 Å². The lowest BCUT2D eigenvalue weighted by atomic mass is 9.94. The molecule has 0 aliphatic heterocycles. The molecule has 0 aliphatic carbocycles. The zero-order chi connectivity index (χ0) is 16.1. The van der Waals surface area contributed by atoms with Crippen molar-refractivity contribution in [1.29, 1.82) is 0 Å². The zero-order valence-corrected chi connectivity index (χ0v) is 13.3. The van der Waals surface area contributed by atoms with E-state index in [1.165, 1.54) is 11.1 Å². The van der Waals surface area contributed by atoms with Gasteiger partial charge in [0.1, 0.15) is 5.88 Å². The highest BCUT2D eigenvalue weighted by Crippen LogP contribution is 2.32. The third-order valence-corrected chi connectivity index (χ3v) is 3.86. The Labute approximate surface area is 140 Å². The molecule has 0 unspecified atom stereocenters. The van der Waals surface area contributed by atoms with E-state index in [9.17, 15) is 4.79 Å². The first kappa shape index (κ1) is 15.3. The Balaban J connectivity index is 1.95. The molecule has 3 heteroatoms. The number of hydrogen-bond donors (Lipinski definition) is 1. The molecule has 0 saturated carbocycles. The number of anilines is 1. The molecule has 0 heterocycles. The van der Waals surface area contributed by atoms with Crippen LogP contribution >= 0.6 is 11.6 Å². The molecular formula is C20H16ClNO. The molecule has 3 aromatic carbocycles. The number of hydrogen-bond acceptors (Lipinski definition) is 1. The van der Waals surface area contributed by atoms with Crippen LogP contribution < -0.4 is 5.32 Å². The highest BCUT2D eigenvalue weighted by atomic mass is 35.5. The average molecular weight is 322 g/mol. The van der Waals surface area contributed by atoms with Crippen LogP contribution in [0.2, 0.25) is 0 Å². The summed E-state index contributed by atoms with van der Waals surface area (Å²) in [5.74, 6) is -0.248. The summed E-state index contributed by atoms with van der Waals surface area (Å²) in [4.78, 5) is 11.3. The molecule has 23 heavy (non-hydrogen) atoms. The molecule has 3 aromatic rings. The van der Waals surface area contributed by atoms with Crippen molar-refractivity contribution in [1.82, 2.24) is 0 Å². The molecule has 0 aliphatic rings. The molecule has 114 valence electrons. The largest absolute Gasteiger partial charge is 0.325 e. The van der Waals surface area contributed by atoms with Gasteiger partial charge in [0.2, 0.25) is 5.91 Å². The molecule has 0 bridgehead atoms. The van der Waals surface area contributed by atoms with Gasteiger partial charge in [0.05, 0.1) is 0 Å². The lowest BCUT2D eigenvalue weighted by molar-refractivity contribution is -0.113. The van der Waals surface area contributed by atoms with E-state index >= 15 is 0 Å². The smallest absolute Gasteiger partial charge is 0.239 e. The van der Waals surface area contributed by atoms with Crippen molar-refractivity contribution in [2.24, 2.45) is 0 Å². The standard InChI is InChI=1S/C20H16ClNO/c21-14-20(23)22-17-12-10-16(11-13-17)19-9-5-4-8-18(19)15-6-2-1-3-7-15/h1-13H,14H2,(H,22,23). The summed E-state index contributed by atoms with van der Waals surface area (Å²) in [7, 11) is 0. The molecular weight excluding hydrogens is 306 g/mol. The second-order valence-corrected chi connectivity index (χ2v) is 5.44. The third-order valence-electron chi connectivity index (χ3n) is 3.61. The van der Waals surface area contributed by atoms with Crippen LogP contribution in [0.5, 0.6) is 0 Å². The van der Waals surface area contributed by atoms with E-state index in [0.29, 0.717) is 0 Å². The minimum absolute atomic E-state index is 0.0431. The van der Waals surface area contributed by atoms with Crippen LogP contribution in [0.3, 0.4) is 0 Å². The summed E-state index contributed by atoms with van der Waals surface area (Å²) in [5.41, 5.74) is 5.38. The van der Waals surface area contributed by atoms with Crippen LogP contribution in [0.1, 0.15) is 0 Å². The summed E-state index contributed by atoms with van der Waals surface area (Å²) in [6, 6.07) is 26.4. The van der Waals surface area contributed by atoms with Crippen molar-refractivity contribution >= 4 is 23.2 Å². The number of rotatable bonds is 4. The zero-order valence-electron chi connectivity index (χ0n) is 12.5. The fraction of sp³-hybridized carbons (Fsp3) is 0.0500. The number of carbonyl (C=O) groups is 1. The molecule has 3 rings (SSSR count). The van der Waals surface area contributed by atoms with Gasteiger partial charge in [0.15, 0.2) is 0 Å². The first-order valence-corrected chi connectivity index (χ1v) is 7.92. The van der Waals surface area contributed by atoms with Gasteiger partial charge in [-0.1, -0.05) is 66.7 Å². The molecule has 0 fully saturated rings. The highest BCUT2D eigenvalue weighted by Gasteiger charge is 2.07. The molecule has 0 aromatic heterocycles. The van der Waals surface area contributed by atoms with Crippen LogP contribution in [0.15, 0.2) is 78.9 Å². The van der Waals surface area contributed by atoms with E-state index < -0.39 is 0 Å². The lowest BCUT2D eigenvalue weighted by Crippen LogP contribution is -2.12. The molecule has 1 amide bonds. The summed E-state index contributed by atoms with van der Waals surface area (Å²) in [5, 5.41) is 2.75. The van der Waals surface area contributed by atoms with E-state index in [2.05, 4.69) is 29.6 Å². The maximum Gasteiger partial charge on any atom is 0.239 e. The number of carbonyl (C=O) groups excluding carboxylic acids is 1. The van der Waals surface area contributed by atoms with Crippen molar-refractivity contribution in [2.45, 2.75) is 0 Å². The Morgan fingerprint density at radius 1 is 0.739 bits per heavy atom. The summed E-state index contributed by atoms with van der Waals surface area (Å²) < 4.78 is 0. The van der Waals surface area contributed by atoms with Crippen LogP contribution in [0.4, 0.5) is 5.69 Å². The number of benzene rings is 3. The van der Waals surface area contributed by atoms with Crippen molar-refractivity contribution < 1.29 is 4.79 Å². The van der Waals surface area contributed by atoms with E-state index in [-0.39, 0.29) is 11.8 Å². The second-order valence-electron chi connectivity index (χ2n) is 5.17. The first-order valence-electron chi connectivity index (χ1n) is 7.38. The lowest BCUT2D eigenvalue weighted by Gasteiger charge is -2.11. The van der Waals surface area contributed by atoms with Crippen molar-refractivity contribution in [3.8, 4) is 22.3 Å². The van der Waals surface area contributed by atoms with Crippen LogP contribution in [-0.2, 0) is 4.79 Å².